The smallest absolute Gasteiger partial charge is 0.270 e. The molecule has 0 fully saturated rings. The number of benzene rings is 2. The van der Waals surface area contributed by atoms with Gasteiger partial charge >= 0.3 is 0 Å². The van der Waals surface area contributed by atoms with E-state index in [-0.39, 0.29) is 11.7 Å². The molecule has 1 heterocycles. The van der Waals surface area contributed by atoms with E-state index in [0.717, 1.165) is 11.1 Å². The molecule has 7 heteroatoms. The fourth-order valence-corrected chi connectivity index (χ4v) is 2.17. The molecule has 1 amide bonds. The van der Waals surface area contributed by atoms with Gasteiger partial charge in [-0.25, -0.2) is 4.39 Å². The van der Waals surface area contributed by atoms with Crippen molar-refractivity contribution in [3.05, 3.63) is 59.9 Å². The maximum atomic E-state index is 13.6. The summed E-state index contributed by atoms with van der Waals surface area (Å²) in [6, 6.07) is 13.4. The Morgan fingerprint density at radius 1 is 1.24 bits per heavy atom. The number of aryl methyl sites for hydroxylation is 1. The Morgan fingerprint density at radius 2 is 2.04 bits per heavy atom. The van der Waals surface area contributed by atoms with Gasteiger partial charge in [-0.2, -0.15) is 4.98 Å². The second-order valence-corrected chi connectivity index (χ2v) is 5.47. The number of hydrogen-bond donors (Lipinski definition) is 1. The number of aromatic nitrogens is 2. The Labute approximate surface area is 143 Å². The highest BCUT2D eigenvalue weighted by atomic mass is 19.1. The quantitative estimate of drug-likeness (QED) is 0.767. The number of halogens is 1. The Hall–Kier alpha value is -3.22. The number of hydrogen-bond acceptors (Lipinski definition) is 5. The van der Waals surface area contributed by atoms with Crippen molar-refractivity contribution in [2.75, 3.05) is 5.32 Å². The van der Waals surface area contributed by atoms with Crippen molar-refractivity contribution in [1.82, 2.24) is 10.1 Å². The number of nitrogens with zero attached hydrogens (tertiary/aromatic N) is 2. The first-order valence-electron chi connectivity index (χ1n) is 7.66. The number of rotatable bonds is 5. The lowest BCUT2D eigenvalue weighted by molar-refractivity contribution is -0.122. The molecule has 0 bridgehead atoms. The van der Waals surface area contributed by atoms with Crippen molar-refractivity contribution in [1.29, 1.82) is 0 Å². The standard InChI is InChI=1S/C18H16FN3O3/c1-11-6-5-7-13(10-11)17-21-18(22-25-17)20-16(23)12(2)24-15-9-4-3-8-14(15)19/h3-10,12H,1-2H3,(H,20,22,23)/t12-/m1/s1. The summed E-state index contributed by atoms with van der Waals surface area (Å²) in [5.41, 5.74) is 1.80. The molecule has 0 aliphatic heterocycles. The molecular weight excluding hydrogens is 325 g/mol. The summed E-state index contributed by atoms with van der Waals surface area (Å²) in [6.45, 7) is 3.45. The van der Waals surface area contributed by atoms with E-state index in [1.54, 1.807) is 12.1 Å². The molecule has 1 N–H and O–H groups in total. The van der Waals surface area contributed by atoms with Crippen LogP contribution < -0.4 is 10.1 Å². The predicted octanol–water partition coefficient (Wildman–Crippen LogP) is 3.59. The molecule has 1 aromatic heterocycles. The number of amides is 1. The third kappa shape index (κ3) is 4.00. The van der Waals surface area contributed by atoms with Gasteiger partial charge in [-0.3, -0.25) is 10.1 Å². The summed E-state index contributed by atoms with van der Waals surface area (Å²) >= 11 is 0. The first-order chi connectivity index (χ1) is 12.0. The van der Waals surface area contributed by atoms with E-state index in [0.29, 0.717) is 5.89 Å². The second kappa shape index (κ2) is 7.12. The zero-order valence-electron chi connectivity index (χ0n) is 13.7. The molecule has 1 atom stereocenters. The lowest BCUT2D eigenvalue weighted by atomic mass is 10.1. The molecular formula is C18H16FN3O3. The first-order valence-corrected chi connectivity index (χ1v) is 7.66. The maximum Gasteiger partial charge on any atom is 0.270 e. The fraction of sp³-hybridized carbons (Fsp3) is 0.167. The van der Waals surface area contributed by atoms with Crippen LogP contribution in [0.3, 0.4) is 0 Å². The highest BCUT2D eigenvalue weighted by Gasteiger charge is 2.19. The summed E-state index contributed by atoms with van der Waals surface area (Å²) in [5.74, 6) is -0.742. The monoisotopic (exact) mass is 341 g/mol. The van der Waals surface area contributed by atoms with Gasteiger partial charge in [0.15, 0.2) is 17.7 Å². The molecule has 0 unspecified atom stereocenters. The molecule has 0 spiro atoms. The van der Waals surface area contributed by atoms with E-state index in [4.69, 9.17) is 9.26 Å². The van der Waals surface area contributed by atoms with Crippen LogP contribution in [-0.2, 0) is 4.79 Å². The lowest BCUT2D eigenvalue weighted by Crippen LogP contribution is -2.30. The zero-order chi connectivity index (χ0) is 17.8. The lowest BCUT2D eigenvalue weighted by Gasteiger charge is -2.13. The van der Waals surface area contributed by atoms with E-state index < -0.39 is 17.8 Å². The third-order valence-corrected chi connectivity index (χ3v) is 3.44. The average Bonchev–Trinajstić information content (AvgIpc) is 3.05. The Balaban J connectivity index is 1.66. The van der Waals surface area contributed by atoms with Gasteiger partial charge in [0.2, 0.25) is 0 Å². The summed E-state index contributed by atoms with van der Waals surface area (Å²) in [5, 5.41) is 6.21. The average molecular weight is 341 g/mol. The minimum absolute atomic E-state index is 0.00119. The van der Waals surface area contributed by atoms with Crippen LogP contribution in [0.4, 0.5) is 10.3 Å². The normalized spacial score (nSPS) is 11.8. The number of carbonyl (C=O) groups is 1. The topological polar surface area (TPSA) is 77.2 Å². The summed E-state index contributed by atoms with van der Waals surface area (Å²) in [6.07, 6.45) is -0.933. The summed E-state index contributed by atoms with van der Waals surface area (Å²) in [4.78, 5) is 16.3. The van der Waals surface area contributed by atoms with Crippen molar-refractivity contribution >= 4 is 11.9 Å². The van der Waals surface area contributed by atoms with Gasteiger partial charge in [0, 0.05) is 5.56 Å². The number of carbonyl (C=O) groups excluding carboxylic acids is 1. The molecule has 128 valence electrons. The largest absolute Gasteiger partial charge is 0.478 e. The molecule has 2 aromatic carbocycles. The van der Waals surface area contributed by atoms with Crippen LogP contribution in [0.2, 0.25) is 0 Å². The van der Waals surface area contributed by atoms with Gasteiger partial charge in [-0.15, -0.1) is 0 Å². The minimum atomic E-state index is -0.933. The molecule has 0 aliphatic carbocycles. The highest BCUT2D eigenvalue weighted by molar-refractivity contribution is 5.92. The van der Waals surface area contributed by atoms with E-state index in [9.17, 15) is 9.18 Å². The van der Waals surface area contributed by atoms with Crippen LogP contribution >= 0.6 is 0 Å². The van der Waals surface area contributed by atoms with Gasteiger partial charge in [0.25, 0.3) is 17.7 Å². The van der Waals surface area contributed by atoms with Gasteiger partial charge in [0.05, 0.1) is 0 Å². The predicted molar refractivity (Wildman–Crippen MR) is 89.6 cm³/mol. The minimum Gasteiger partial charge on any atom is -0.478 e. The molecule has 3 rings (SSSR count). The molecule has 25 heavy (non-hydrogen) atoms. The first kappa shape index (κ1) is 16.6. The van der Waals surface area contributed by atoms with Crippen LogP contribution in [0.1, 0.15) is 12.5 Å². The molecule has 0 radical (unpaired) electrons. The van der Waals surface area contributed by atoms with Crippen molar-refractivity contribution in [3.63, 3.8) is 0 Å². The Bertz CT molecular complexity index is 895. The van der Waals surface area contributed by atoms with E-state index in [1.807, 2.05) is 31.2 Å². The van der Waals surface area contributed by atoms with Crippen molar-refractivity contribution in [3.8, 4) is 17.2 Å². The molecule has 0 aliphatic rings. The van der Waals surface area contributed by atoms with Gasteiger partial charge in [-0.1, -0.05) is 29.8 Å². The molecule has 6 nitrogen and oxygen atoms in total. The van der Waals surface area contributed by atoms with Crippen LogP contribution in [0, 0.1) is 12.7 Å². The van der Waals surface area contributed by atoms with E-state index in [2.05, 4.69) is 15.5 Å². The number of para-hydroxylation sites is 1. The SMILES string of the molecule is Cc1cccc(-c2nc(NC(=O)[C@@H](C)Oc3ccccc3F)no2)c1. The van der Waals surface area contributed by atoms with Crippen molar-refractivity contribution < 1.29 is 18.4 Å². The third-order valence-electron chi connectivity index (χ3n) is 3.44. The van der Waals surface area contributed by atoms with Crippen molar-refractivity contribution in [2.45, 2.75) is 20.0 Å². The van der Waals surface area contributed by atoms with E-state index in [1.165, 1.54) is 19.1 Å². The van der Waals surface area contributed by atoms with Crippen molar-refractivity contribution in [2.24, 2.45) is 0 Å². The molecule has 3 aromatic rings. The van der Waals surface area contributed by atoms with Crippen LogP contribution in [0.5, 0.6) is 5.75 Å². The molecule has 0 saturated heterocycles. The van der Waals surface area contributed by atoms with E-state index >= 15 is 0 Å². The van der Waals surface area contributed by atoms with Crippen LogP contribution in [0.15, 0.2) is 53.1 Å². The van der Waals surface area contributed by atoms with Gasteiger partial charge in [-0.05, 0) is 43.3 Å². The summed E-state index contributed by atoms with van der Waals surface area (Å²) < 4.78 is 24.0. The number of nitrogens with one attached hydrogen (secondary N) is 1. The summed E-state index contributed by atoms with van der Waals surface area (Å²) in [7, 11) is 0. The Kier molecular flexibility index (Phi) is 4.74. The number of ether oxygens (including phenoxy) is 1. The van der Waals surface area contributed by atoms with Gasteiger partial charge < -0.3 is 9.26 Å². The highest BCUT2D eigenvalue weighted by Crippen LogP contribution is 2.20. The molecule has 0 saturated carbocycles. The van der Waals surface area contributed by atoms with Crippen LogP contribution in [0.25, 0.3) is 11.5 Å². The van der Waals surface area contributed by atoms with Crippen LogP contribution in [-0.4, -0.2) is 22.2 Å². The Morgan fingerprint density at radius 3 is 2.80 bits per heavy atom. The fourth-order valence-electron chi connectivity index (χ4n) is 2.17. The maximum absolute atomic E-state index is 13.6. The van der Waals surface area contributed by atoms with Gasteiger partial charge in [0.1, 0.15) is 0 Å². The zero-order valence-corrected chi connectivity index (χ0v) is 13.7. The second-order valence-electron chi connectivity index (χ2n) is 5.47. The number of anilines is 1.